The Morgan fingerprint density at radius 2 is 1.77 bits per heavy atom. The number of hydrogen-bond acceptors (Lipinski definition) is 3. The molecule has 118 valence electrons. The van der Waals surface area contributed by atoms with E-state index in [0.717, 1.165) is 37.2 Å². The summed E-state index contributed by atoms with van der Waals surface area (Å²) in [5.41, 5.74) is 10.5. The van der Waals surface area contributed by atoms with Crippen LogP contribution in [-0.4, -0.2) is 13.1 Å². The maximum Gasteiger partial charge on any atom is 0.142 e. The van der Waals surface area contributed by atoms with Crippen LogP contribution in [0.5, 0.6) is 5.75 Å². The van der Waals surface area contributed by atoms with E-state index < -0.39 is 0 Å². The summed E-state index contributed by atoms with van der Waals surface area (Å²) in [5.74, 6) is 0.760. The van der Waals surface area contributed by atoms with Crippen LogP contribution in [0.25, 0.3) is 0 Å². The van der Waals surface area contributed by atoms with E-state index in [9.17, 15) is 0 Å². The lowest BCUT2D eigenvalue weighted by atomic mass is 10.1. The van der Waals surface area contributed by atoms with E-state index in [2.05, 4.69) is 49.5 Å². The smallest absolute Gasteiger partial charge is 0.142 e. The summed E-state index contributed by atoms with van der Waals surface area (Å²) in [6.45, 7) is 6.82. The number of ether oxygens (including phenoxy) is 1. The predicted molar refractivity (Wildman–Crippen MR) is 93.2 cm³/mol. The second-order valence-electron chi connectivity index (χ2n) is 5.60. The van der Waals surface area contributed by atoms with E-state index in [1.54, 1.807) is 0 Å². The third-order valence-electron chi connectivity index (χ3n) is 3.66. The quantitative estimate of drug-likeness (QED) is 0.577. The maximum atomic E-state index is 6.10. The van der Waals surface area contributed by atoms with Crippen LogP contribution in [0.3, 0.4) is 0 Å². The Morgan fingerprint density at radius 3 is 2.45 bits per heavy atom. The van der Waals surface area contributed by atoms with Crippen molar-refractivity contribution < 1.29 is 4.74 Å². The molecule has 0 spiro atoms. The lowest BCUT2D eigenvalue weighted by Gasteiger charge is -2.11. The minimum Gasteiger partial charge on any atom is -0.487 e. The lowest BCUT2D eigenvalue weighted by molar-refractivity contribution is 0.308. The van der Waals surface area contributed by atoms with Gasteiger partial charge >= 0.3 is 0 Å². The summed E-state index contributed by atoms with van der Waals surface area (Å²) in [6, 6.07) is 14.5. The zero-order valence-electron chi connectivity index (χ0n) is 13.6. The van der Waals surface area contributed by atoms with Crippen LogP contribution in [0.15, 0.2) is 42.5 Å². The molecule has 22 heavy (non-hydrogen) atoms. The summed E-state index contributed by atoms with van der Waals surface area (Å²) in [5, 5.41) is 3.33. The number of rotatable bonds is 8. The molecule has 0 aliphatic carbocycles. The fourth-order valence-corrected chi connectivity index (χ4v) is 2.32. The molecule has 3 heteroatoms. The van der Waals surface area contributed by atoms with Crippen LogP contribution in [0.1, 0.15) is 30.0 Å². The molecule has 0 atom stereocenters. The highest BCUT2D eigenvalue weighted by Gasteiger charge is 2.03. The van der Waals surface area contributed by atoms with E-state index in [4.69, 9.17) is 10.5 Å². The van der Waals surface area contributed by atoms with Gasteiger partial charge in [0.1, 0.15) is 12.4 Å². The molecule has 0 saturated carbocycles. The van der Waals surface area contributed by atoms with Gasteiger partial charge in [0.25, 0.3) is 0 Å². The molecule has 0 heterocycles. The Labute approximate surface area is 133 Å². The maximum absolute atomic E-state index is 6.10. The number of nitrogen functional groups attached to an aromatic ring is 1. The van der Waals surface area contributed by atoms with Crippen molar-refractivity contribution in [2.45, 2.75) is 33.3 Å². The van der Waals surface area contributed by atoms with Crippen molar-refractivity contribution in [3.05, 3.63) is 59.2 Å². The zero-order valence-corrected chi connectivity index (χ0v) is 13.6. The molecule has 0 bridgehead atoms. The molecule has 0 saturated heterocycles. The normalized spacial score (nSPS) is 10.6. The van der Waals surface area contributed by atoms with Gasteiger partial charge < -0.3 is 15.8 Å². The first-order chi connectivity index (χ1) is 10.7. The number of nitrogens with one attached hydrogen (secondary N) is 1. The van der Waals surface area contributed by atoms with Gasteiger partial charge in [-0.25, -0.2) is 0 Å². The minimum atomic E-state index is 0.546. The molecule has 2 aromatic rings. The van der Waals surface area contributed by atoms with Crippen molar-refractivity contribution in [3.8, 4) is 5.75 Å². The van der Waals surface area contributed by atoms with E-state index >= 15 is 0 Å². The third-order valence-corrected chi connectivity index (χ3v) is 3.66. The average Bonchev–Trinajstić information content (AvgIpc) is 2.52. The molecule has 0 fully saturated rings. The standard InChI is InChI=1S/C19H26N2O/c1-3-21-12-4-5-16-10-11-19(18(20)13-16)22-14-17-8-6-15(2)7-9-17/h6-11,13,21H,3-5,12,14,20H2,1-2H3. The Balaban J connectivity index is 1.87. The molecule has 0 amide bonds. The van der Waals surface area contributed by atoms with Crippen LogP contribution in [0.2, 0.25) is 0 Å². The fraction of sp³-hybridized carbons (Fsp3) is 0.368. The van der Waals surface area contributed by atoms with Crippen LogP contribution < -0.4 is 15.8 Å². The highest BCUT2D eigenvalue weighted by Crippen LogP contribution is 2.24. The zero-order chi connectivity index (χ0) is 15.8. The van der Waals surface area contributed by atoms with Crippen LogP contribution in [-0.2, 0) is 13.0 Å². The van der Waals surface area contributed by atoms with E-state index in [1.165, 1.54) is 11.1 Å². The Hall–Kier alpha value is -2.00. The molecular formula is C19H26N2O. The second-order valence-corrected chi connectivity index (χ2v) is 5.60. The van der Waals surface area contributed by atoms with Crippen molar-refractivity contribution in [1.29, 1.82) is 0 Å². The van der Waals surface area contributed by atoms with Gasteiger partial charge in [0.15, 0.2) is 0 Å². The van der Waals surface area contributed by atoms with E-state index in [1.807, 2.05) is 12.1 Å². The van der Waals surface area contributed by atoms with Crippen molar-refractivity contribution in [2.24, 2.45) is 0 Å². The second kappa shape index (κ2) is 8.44. The SMILES string of the molecule is CCNCCCc1ccc(OCc2ccc(C)cc2)c(N)c1. The average molecular weight is 298 g/mol. The Bertz CT molecular complexity index is 578. The highest BCUT2D eigenvalue weighted by atomic mass is 16.5. The monoisotopic (exact) mass is 298 g/mol. The summed E-state index contributed by atoms with van der Waals surface area (Å²) >= 11 is 0. The van der Waals surface area contributed by atoms with Gasteiger partial charge in [0.05, 0.1) is 5.69 Å². The van der Waals surface area contributed by atoms with Crippen LogP contribution in [0.4, 0.5) is 5.69 Å². The van der Waals surface area contributed by atoms with Gasteiger partial charge in [-0.05, 0) is 56.1 Å². The highest BCUT2D eigenvalue weighted by molar-refractivity contribution is 5.54. The van der Waals surface area contributed by atoms with Crippen molar-refractivity contribution >= 4 is 5.69 Å². The van der Waals surface area contributed by atoms with Gasteiger partial charge in [0, 0.05) is 0 Å². The molecule has 2 aromatic carbocycles. The molecule has 2 rings (SSSR count). The largest absolute Gasteiger partial charge is 0.487 e. The number of hydrogen-bond donors (Lipinski definition) is 2. The Morgan fingerprint density at radius 1 is 1.05 bits per heavy atom. The predicted octanol–water partition coefficient (Wildman–Crippen LogP) is 3.70. The number of benzene rings is 2. The van der Waals surface area contributed by atoms with Gasteiger partial charge in [-0.3, -0.25) is 0 Å². The number of aryl methyl sites for hydroxylation is 2. The molecular weight excluding hydrogens is 272 g/mol. The molecule has 3 N–H and O–H groups in total. The summed E-state index contributed by atoms with van der Waals surface area (Å²) in [6.07, 6.45) is 2.16. The molecule has 0 aliphatic rings. The lowest BCUT2D eigenvalue weighted by Crippen LogP contribution is -2.14. The van der Waals surface area contributed by atoms with Gasteiger partial charge in [-0.1, -0.05) is 42.8 Å². The minimum absolute atomic E-state index is 0.546. The van der Waals surface area contributed by atoms with Gasteiger partial charge in [-0.2, -0.15) is 0 Å². The van der Waals surface area contributed by atoms with Gasteiger partial charge in [0.2, 0.25) is 0 Å². The Kier molecular flexibility index (Phi) is 6.28. The summed E-state index contributed by atoms with van der Waals surface area (Å²) in [7, 11) is 0. The topological polar surface area (TPSA) is 47.3 Å². The van der Waals surface area contributed by atoms with Gasteiger partial charge in [-0.15, -0.1) is 0 Å². The molecule has 0 aromatic heterocycles. The molecule has 0 unspecified atom stereocenters. The summed E-state index contributed by atoms with van der Waals surface area (Å²) in [4.78, 5) is 0. The van der Waals surface area contributed by atoms with Crippen molar-refractivity contribution in [3.63, 3.8) is 0 Å². The fourth-order valence-electron chi connectivity index (χ4n) is 2.32. The molecule has 0 aliphatic heterocycles. The van der Waals surface area contributed by atoms with Crippen LogP contribution in [0, 0.1) is 6.92 Å². The van der Waals surface area contributed by atoms with Crippen LogP contribution >= 0.6 is 0 Å². The third kappa shape index (κ3) is 5.08. The molecule has 0 radical (unpaired) electrons. The van der Waals surface area contributed by atoms with Crippen molar-refractivity contribution in [2.75, 3.05) is 18.8 Å². The summed E-state index contributed by atoms with van der Waals surface area (Å²) < 4.78 is 5.82. The first kappa shape index (κ1) is 16.4. The van der Waals surface area contributed by atoms with E-state index in [0.29, 0.717) is 12.3 Å². The first-order valence-electron chi connectivity index (χ1n) is 7.96. The molecule has 3 nitrogen and oxygen atoms in total. The van der Waals surface area contributed by atoms with E-state index in [-0.39, 0.29) is 0 Å². The van der Waals surface area contributed by atoms with Crippen molar-refractivity contribution in [1.82, 2.24) is 5.32 Å². The number of nitrogens with two attached hydrogens (primary N) is 1. The number of anilines is 1. The first-order valence-corrected chi connectivity index (χ1v) is 7.96.